The third-order valence-corrected chi connectivity index (χ3v) is 3.89. The lowest BCUT2D eigenvalue weighted by Crippen LogP contribution is -2.44. The summed E-state index contributed by atoms with van der Waals surface area (Å²) in [5.74, 6) is -0.0611. The van der Waals surface area contributed by atoms with Crippen molar-refractivity contribution in [3.05, 3.63) is 35.6 Å². The molecule has 2 aliphatic rings. The summed E-state index contributed by atoms with van der Waals surface area (Å²) in [4.78, 5) is 14.2. The first-order chi connectivity index (χ1) is 9.24. The van der Waals surface area contributed by atoms with Gasteiger partial charge in [-0.3, -0.25) is 4.79 Å². The molecular formula is C14H18FN3O. The van der Waals surface area contributed by atoms with Gasteiger partial charge in [0.2, 0.25) is 5.91 Å². The molecule has 0 spiro atoms. The van der Waals surface area contributed by atoms with E-state index in [0.29, 0.717) is 6.42 Å². The first kappa shape index (κ1) is 12.6. The van der Waals surface area contributed by atoms with Crippen molar-refractivity contribution < 1.29 is 9.18 Å². The maximum Gasteiger partial charge on any atom is 0.241 e. The second-order valence-electron chi connectivity index (χ2n) is 5.21. The van der Waals surface area contributed by atoms with Gasteiger partial charge in [0, 0.05) is 19.1 Å². The molecule has 2 saturated heterocycles. The maximum absolute atomic E-state index is 12.9. The molecule has 2 atom stereocenters. The number of amides is 1. The third-order valence-electron chi connectivity index (χ3n) is 3.89. The van der Waals surface area contributed by atoms with E-state index in [1.165, 1.54) is 12.1 Å². The number of halogens is 1. The van der Waals surface area contributed by atoms with E-state index in [2.05, 4.69) is 10.9 Å². The van der Waals surface area contributed by atoms with Crippen molar-refractivity contribution in [2.75, 3.05) is 13.1 Å². The molecule has 2 aliphatic heterocycles. The minimum Gasteiger partial charge on any atom is -0.341 e. The molecule has 5 heteroatoms. The van der Waals surface area contributed by atoms with Crippen molar-refractivity contribution in [2.24, 2.45) is 0 Å². The van der Waals surface area contributed by atoms with Crippen LogP contribution in [0.25, 0.3) is 0 Å². The van der Waals surface area contributed by atoms with Gasteiger partial charge in [0.05, 0.1) is 0 Å². The van der Waals surface area contributed by atoms with E-state index in [0.717, 1.165) is 31.5 Å². The van der Waals surface area contributed by atoms with Crippen LogP contribution in [0.4, 0.5) is 4.39 Å². The van der Waals surface area contributed by atoms with Gasteiger partial charge in [-0.2, -0.15) is 0 Å². The van der Waals surface area contributed by atoms with Crippen molar-refractivity contribution in [1.82, 2.24) is 15.8 Å². The lowest BCUT2D eigenvalue weighted by Gasteiger charge is -2.19. The van der Waals surface area contributed by atoms with Gasteiger partial charge in [0.1, 0.15) is 11.9 Å². The van der Waals surface area contributed by atoms with Gasteiger partial charge in [0.25, 0.3) is 0 Å². The van der Waals surface area contributed by atoms with E-state index in [4.69, 9.17) is 0 Å². The number of hydrogen-bond donors (Lipinski definition) is 2. The Balaban J connectivity index is 1.63. The van der Waals surface area contributed by atoms with E-state index in [9.17, 15) is 9.18 Å². The molecule has 2 heterocycles. The molecule has 3 rings (SSSR count). The zero-order valence-corrected chi connectivity index (χ0v) is 10.7. The molecule has 1 aromatic rings. The summed E-state index contributed by atoms with van der Waals surface area (Å²) in [7, 11) is 0. The Morgan fingerprint density at radius 2 is 1.84 bits per heavy atom. The highest BCUT2D eigenvalue weighted by molar-refractivity contribution is 5.82. The second kappa shape index (κ2) is 5.27. The van der Waals surface area contributed by atoms with E-state index < -0.39 is 0 Å². The monoisotopic (exact) mass is 263 g/mol. The first-order valence-corrected chi connectivity index (χ1v) is 6.79. The normalized spacial score (nSPS) is 26.9. The van der Waals surface area contributed by atoms with E-state index in [1.807, 2.05) is 4.90 Å². The highest BCUT2D eigenvalue weighted by atomic mass is 19.1. The second-order valence-corrected chi connectivity index (χ2v) is 5.21. The smallest absolute Gasteiger partial charge is 0.241 e. The summed E-state index contributed by atoms with van der Waals surface area (Å²) in [6.07, 6.45) is 2.92. The topological polar surface area (TPSA) is 44.4 Å². The molecule has 0 radical (unpaired) electrons. The van der Waals surface area contributed by atoms with Crippen LogP contribution in [-0.4, -0.2) is 29.9 Å². The molecule has 2 N–H and O–H groups in total. The number of nitrogens with one attached hydrogen (secondary N) is 2. The average molecular weight is 263 g/mol. The quantitative estimate of drug-likeness (QED) is 0.846. The molecule has 0 bridgehead atoms. The predicted octanol–water partition coefficient (Wildman–Crippen LogP) is 1.36. The summed E-state index contributed by atoms with van der Waals surface area (Å²) >= 11 is 0. The Hall–Kier alpha value is -1.46. The summed E-state index contributed by atoms with van der Waals surface area (Å²) in [5, 5.41) is 0. The number of hydrogen-bond acceptors (Lipinski definition) is 3. The fourth-order valence-corrected chi connectivity index (χ4v) is 2.79. The molecule has 4 nitrogen and oxygen atoms in total. The van der Waals surface area contributed by atoms with Gasteiger partial charge in [-0.1, -0.05) is 12.1 Å². The average Bonchev–Trinajstić information content (AvgIpc) is 3.10. The van der Waals surface area contributed by atoms with Crippen molar-refractivity contribution in [1.29, 1.82) is 0 Å². The minimum absolute atomic E-state index is 0.0668. The lowest BCUT2D eigenvalue weighted by atomic mass is 10.0. The molecule has 1 aromatic carbocycles. The molecule has 19 heavy (non-hydrogen) atoms. The zero-order valence-electron chi connectivity index (χ0n) is 10.7. The van der Waals surface area contributed by atoms with Crippen molar-refractivity contribution in [3.63, 3.8) is 0 Å². The Bertz CT molecular complexity index is 456. The number of carbonyl (C=O) groups excluding carboxylic acids is 1. The van der Waals surface area contributed by atoms with Gasteiger partial charge in [-0.25, -0.2) is 15.2 Å². The Labute approximate surface area is 111 Å². The third kappa shape index (κ3) is 2.62. The molecular weight excluding hydrogens is 245 g/mol. The summed E-state index contributed by atoms with van der Waals surface area (Å²) in [6.45, 7) is 1.75. The van der Waals surface area contributed by atoms with Crippen molar-refractivity contribution >= 4 is 5.91 Å². The van der Waals surface area contributed by atoms with Crippen molar-refractivity contribution in [2.45, 2.75) is 31.3 Å². The highest BCUT2D eigenvalue weighted by Gasteiger charge is 2.33. The summed E-state index contributed by atoms with van der Waals surface area (Å²) in [6, 6.07) is 6.32. The molecule has 0 aromatic heterocycles. The molecule has 1 amide bonds. The van der Waals surface area contributed by atoms with Gasteiger partial charge in [-0.05, 0) is 37.0 Å². The fraction of sp³-hybridized carbons (Fsp3) is 0.500. The number of nitrogens with zero attached hydrogens (tertiary/aromatic N) is 1. The first-order valence-electron chi connectivity index (χ1n) is 6.79. The summed E-state index contributed by atoms with van der Waals surface area (Å²) in [5.41, 5.74) is 7.19. The van der Waals surface area contributed by atoms with Crippen molar-refractivity contribution in [3.8, 4) is 0 Å². The molecule has 2 unspecified atom stereocenters. The Kier molecular flexibility index (Phi) is 3.48. The van der Waals surface area contributed by atoms with Gasteiger partial charge >= 0.3 is 0 Å². The Morgan fingerprint density at radius 3 is 2.53 bits per heavy atom. The predicted molar refractivity (Wildman–Crippen MR) is 69.6 cm³/mol. The van der Waals surface area contributed by atoms with E-state index in [1.54, 1.807) is 12.1 Å². The largest absolute Gasteiger partial charge is 0.341 e. The summed E-state index contributed by atoms with van der Waals surface area (Å²) < 4.78 is 12.9. The SMILES string of the molecule is O=C(C1CC(c2ccc(F)cc2)NN1)N1CCCC1. The zero-order chi connectivity index (χ0) is 13.2. The van der Waals surface area contributed by atoms with Crippen LogP contribution in [-0.2, 0) is 4.79 Å². The van der Waals surface area contributed by atoms with E-state index in [-0.39, 0.29) is 23.8 Å². The molecule has 0 aliphatic carbocycles. The van der Waals surface area contributed by atoms with Crippen LogP contribution in [0.1, 0.15) is 30.9 Å². The maximum atomic E-state index is 12.9. The fourth-order valence-electron chi connectivity index (χ4n) is 2.79. The van der Waals surface area contributed by atoms with Crippen LogP contribution in [0.3, 0.4) is 0 Å². The highest BCUT2D eigenvalue weighted by Crippen LogP contribution is 2.24. The molecule has 0 saturated carbocycles. The molecule has 102 valence electrons. The van der Waals surface area contributed by atoms with Crippen LogP contribution in [0, 0.1) is 5.82 Å². The van der Waals surface area contributed by atoms with Gasteiger partial charge < -0.3 is 4.90 Å². The van der Waals surface area contributed by atoms with Crippen LogP contribution in [0.5, 0.6) is 0 Å². The minimum atomic E-state index is -0.237. The van der Waals surface area contributed by atoms with E-state index >= 15 is 0 Å². The molecule has 2 fully saturated rings. The Morgan fingerprint density at radius 1 is 1.16 bits per heavy atom. The number of likely N-dealkylation sites (tertiary alicyclic amines) is 1. The van der Waals surface area contributed by atoms with Gasteiger partial charge in [0.15, 0.2) is 0 Å². The van der Waals surface area contributed by atoms with Gasteiger partial charge in [-0.15, -0.1) is 0 Å². The standard InChI is InChI=1S/C14H18FN3O/c15-11-5-3-10(4-6-11)12-9-13(17-16-12)14(19)18-7-1-2-8-18/h3-6,12-13,16-17H,1-2,7-9H2. The van der Waals surface area contributed by atoms with Crippen LogP contribution >= 0.6 is 0 Å². The van der Waals surface area contributed by atoms with Crippen LogP contribution in [0.15, 0.2) is 24.3 Å². The number of rotatable bonds is 2. The lowest BCUT2D eigenvalue weighted by molar-refractivity contribution is -0.132. The van der Waals surface area contributed by atoms with Crippen LogP contribution in [0.2, 0.25) is 0 Å². The number of benzene rings is 1. The number of hydrazine groups is 1. The number of carbonyl (C=O) groups is 1. The van der Waals surface area contributed by atoms with Crippen LogP contribution < -0.4 is 10.9 Å².